The van der Waals surface area contributed by atoms with E-state index in [1.54, 1.807) is 6.92 Å². The highest BCUT2D eigenvalue weighted by atomic mass is 19.1. The largest absolute Gasteiger partial charge is 0.465 e. The molecule has 4 rings (SSSR count). The van der Waals surface area contributed by atoms with Crippen molar-refractivity contribution in [3.63, 3.8) is 0 Å². The Morgan fingerprint density at radius 1 is 1.30 bits per heavy atom. The molecule has 0 unspecified atom stereocenters. The van der Waals surface area contributed by atoms with Crippen molar-refractivity contribution >= 4 is 11.5 Å². The Bertz CT molecular complexity index is 980. The Kier molecular flexibility index (Phi) is 6.13. The second kappa shape index (κ2) is 8.95. The van der Waals surface area contributed by atoms with Gasteiger partial charge in [0, 0.05) is 24.1 Å². The molecular formula is C22H24F2N4O2. The lowest BCUT2D eigenvalue weighted by Gasteiger charge is -2.31. The Morgan fingerprint density at radius 2 is 2.17 bits per heavy atom. The van der Waals surface area contributed by atoms with Gasteiger partial charge >= 0.3 is 5.97 Å². The van der Waals surface area contributed by atoms with Gasteiger partial charge in [0.1, 0.15) is 5.82 Å². The average Bonchev–Trinajstić information content (AvgIpc) is 3.13. The first kappa shape index (κ1) is 20.5. The van der Waals surface area contributed by atoms with Crippen LogP contribution >= 0.6 is 0 Å². The number of ether oxygens (including phenoxy) is 1. The van der Waals surface area contributed by atoms with Gasteiger partial charge in [-0.25, -0.2) is 18.7 Å². The molecule has 0 spiro atoms. The van der Waals surface area contributed by atoms with Crippen molar-refractivity contribution < 1.29 is 18.3 Å². The molecular weight excluding hydrogens is 390 g/mol. The summed E-state index contributed by atoms with van der Waals surface area (Å²) in [7, 11) is 0. The van der Waals surface area contributed by atoms with Crippen LogP contribution in [0.5, 0.6) is 0 Å². The zero-order valence-electron chi connectivity index (χ0n) is 16.9. The van der Waals surface area contributed by atoms with Crippen molar-refractivity contribution in [1.29, 1.82) is 0 Å². The number of hydrogen-bond donors (Lipinski definition) is 0. The number of esters is 1. The first-order valence-corrected chi connectivity index (χ1v) is 10.3. The number of piperidine rings is 1. The molecule has 6 nitrogen and oxygen atoms in total. The van der Waals surface area contributed by atoms with Gasteiger partial charge in [0.2, 0.25) is 0 Å². The van der Waals surface area contributed by atoms with Gasteiger partial charge in [0.25, 0.3) is 0 Å². The van der Waals surface area contributed by atoms with E-state index >= 15 is 0 Å². The van der Waals surface area contributed by atoms with Crippen LogP contribution in [0.2, 0.25) is 0 Å². The smallest absolute Gasteiger partial charge is 0.320 e. The summed E-state index contributed by atoms with van der Waals surface area (Å²) in [6, 6.07) is 1.42. The lowest BCUT2D eigenvalue weighted by atomic mass is 9.93. The topological polar surface area (TPSA) is 68.2 Å². The maximum absolute atomic E-state index is 14.5. The third kappa shape index (κ3) is 4.53. The van der Waals surface area contributed by atoms with Crippen molar-refractivity contribution in [2.24, 2.45) is 5.92 Å². The van der Waals surface area contributed by atoms with E-state index in [-0.39, 0.29) is 18.4 Å². The molecule has 0 bridgehead atoms. The van der Waals surface area contributed by atoms with Crippen LogP contribution in [-0.2, 0) is 22.4 Å². The number of carbonyl (C=O) groups excluding carboxylic acids is 1. The van der Waals surface area contributed by atoms with Crippen molar-refractivity contribution in [2.75, 3.05) is 26.2 Å². The van der Waals surface area contributed by atoms with Gasteiger partial charge in [0.15, 0.2) is 11.6 Å². The maximum Gasteiger partial charge on any atom is 0.320 e. The van der Waals surface area contributed by atoms with Crippen molar-refractivity contribution in [3.8, 4) is 0 Å². The number of allylic oxidation sites excluding steroid dienone is 1. The van der Waals surface area contributed by atoms with Gasteiger partial charge in [-0.1, -0.05) is 6.08 Å². The van der Waals surface area contributed by atoms with Gasteiger partial charge in [-0.2, -0.15) is 0 Å². The fourth-order valence-electron chi connectivity index (χ4n) is 4.18. The average molecular weight is 414 g/mol. The van der Waals surface area contributed by atoms with Crippen LogP contribution in [0.4, 0.5) is 8.78 Å². The summed E-state index contributed by atoms with van der Waals surface area (Å²) in [6.45, 7) is 3.93. The minimum atomic E-state index is -0.447. The first-order valence-electron chi connectivity index (χ1n) is 10.3. The summed E-state index contributed by atoms with van der Waals surface area (Å²) < 4.78 is 33.2. The van der Waals surface area contributed by atoms with Gasteiger partial charge in [-0.3, -0.25) is 14.7 Å². The van der Waals surface area contributed by atoms with E-state index in [1.807, 2.05) is 6.08 Å². The molecule has 2 aromatic rings. The number of halogens is 2. The SMILES string of the molecule is CCOC(=O)CN1CCC[C@H](Cc2nc(C3=CCc4ncc(F)cc43)ncc2F)C1. The lowest BCUT2D eigenvalue weighted by Crippen LogP contribution is -2.40. The summed E-state index contributed by atoms with van der Waals surface area (Å²) in [5, 5.41) is 0. The summed E-state index contributed by atoms with van der Waals surface area (Å²) in [5.74, 6) is -0.530. The third-order valence-corrected chi connectivity index (χ3v) is 5.53. The molecule has 3 heterocycles. The molecule has 30 heavy (non-hydrogen) atoms. The number of fused-ring (bicyclic) bond motifs is 1. The zero-order chi connectivity index (χ0) is 21.1. The van der Waals surface area contributed by atoms with Gasteiger partial charge in [-0.05, 0) is 44.7 Å². The highest BCUT2D eigenvalue weighted by molar-refractivity contribution is 5.80. The molecule has 158 valence electrons. The number of nitrogens with zero attached hydrogens (tertiary/aromatic N) is 4. The molecule has 1 fully saturated rings. The Balaban J connectivity index is 1.48. The summed E-state index contributed by atoms with van der Waals surface area (Å²) >= 11 is 0. The number of pyridine rings is 1. The predicted octanol–water partition coefficient (Wildman–Crippen LogP) is 2.96. The van der Waals surface area contributed by atoms with Crippen molar-refractivity contribution in [2.45, 2.75) is 32.6 Å². The third-order valence-electron chi connectivity index (χ3n) is 5.53. The fraction of sp³-hybridized carbons (Fsp3) is 0.455. The zero-order valence-corrected chi connectivity index (χ0v) is 16.9. The van der Waals surface area contributed by atoms with Crippen LogP contribution in [-0.4, -0.2) is 52.1 Å². The number of rotatable bonds is 6. The molecule has 0 saturated carbocycles. The lowest BCUT2D eigenvalue weighted by molar-refractivity contribution is -0.144. The number of hydrogen-bond acceptors (Lipinski definition) is 6. The normalized spacial score (nSPS) is 18.8. The standard InChI is InChI=1S/C22H24F2N4O2/c1-2-30-21(29)13-28-7-3-4-14(12-28)8-20-18(24)11-26-22(27-20)16-5-6-19-17(16)9-15(23)10-25-19/h5,9-11,14H,2-4,6-8,12-13H2,1H3/t14-/m1/s1. The second-order valence-corrected chi connectivity index (χ2v) is 7.71. The number of aromatic nitrogens is 3. The van der Waals surface area contributed by atoms with Crippen molar-refractivity contribution in [1.82, 2.24) is 19.9 Å². The van der Waals surface area contributed by atoms with Crippen molar-refractivity contribution in [3.05, 3.63) is 58.9 Å². The van der Waals surface area contributed by atoms with E-state index in [0.717, 1.165) is 25.1 Å². The quantitative estimate of drug-likeness (QED) is 0.677. The summed E-state index contributed by atoms with van der Waals surface area (Å²) in [6.07, 6.45) is 7.19. The first-order chi connectivity index (χ1) is 14.5. The maximum atomic E-state index is 14.5. The molecule has 1 aliphatic carbocycles. The highest BCUT2D eigenvalue weighted by Crippen LogP contribution is 2.31. The Hall–Kier alpha value is -2.74. The fourth-order valence-corrected chi connectivity index (χ4v) is 4.18. The second-order valence-electron chi connectivity index (χ2n) is 7.71. The van der Waals surface area contributed by atoms with E-state index in [9.17, 15) is 13.6 Å². The highest BCUT2D eigenvalue weighted by Gasteiger charge is 2.25. The molecule has 1 atom stereocenters. The van der Waals surface area contributed by atoms with Gasteiger partial charge in [-0.15, -0.1) is 0 Å². The van der Waals surface area contributed by atoms with E-state index in [0.29, 0.717) is 48.6 Å². The monoisotopic (exact) mass is 414 g/mol. The molecule has 1 saturated heterocycles. The Labute approximate surface area is 174 Å². The van der Waals surface area contributed by atoms with Crippen LogP contribution in [0.15, 0.2) is 24.5 Å². The number of likely N-dealkylation sites (tertiary alicyclic amines) is 1. The molecule has 8 heteroatoms. The molecule has 0 amide bonds. The molecule has 1 aliphatic heterocycles. The molecule has 2 aliphatic rings. The molecule has 2 aromatic heterocycles. The van der Waals surface area contributed by atoms with Gasteiger partial charge in [0.05, 0.1) is 36.9 Å². The minimum absolute atomic E-state index is 0.189. The summed E-state index contributed by atoms with van der Waals surface area (Å²) in [5.41, 5.74) is 2.46. The van der Waals surface area contributed by atoms with Crippen LogP contribution in [0, 0.1) is 17.6 Å². The predicted molar refractivity (Wildman–Crippen MR) is 106 cm³/mol. The molecule has 0 N–H and O–H groups in total. The van der Waals surface area contributed by atoms with E-state index < -0.39 is 11.6 Å². The molecule has 0 radical (unpaired) electrons. The Morgan fingerprint density at radius 3 is 3.00 bits per heavy atom. The van der Waals surface area contributed by atoms with E-state index in [1.165, 1.54) is 18.5 Å². The summed E-state index contributed by atoms with van der Waals surface area (Å²) in [4.78, 5) is 26.5. The van der Waals surface area contributed by atoms with Crippen LogP contribution in [0.25, 0.3) is 5.57 Å². The van der Waals surface area contributed by atoms with E-state index in [4.69, 9.17) is 4.74 Å². The van der Waals surface area contributed by atoms with Crippen LogP contribution in [0.1, 0.15) is 42.5 Å². The minimum Gasteiger partial charge on any atom is -0.465 e. The number of carbonyl (C=O) groups is 1. The molecule has 0 aromatic carbocycles. The van der Waals surface area contributed by atoms with E-state index in [2.05, 4.69) is 19.9 Å². The van der Waals surface area contributed by atoms with Crippen LogP contribution < -0.4 is 0 Å². The van der Waals surface area contributed by atoms with Crippen LogP contribution in [0.3, 0.4) is 0 Å². The van der Waals surface area contributed by atoms with Gasteiger partial charge < -0.3 is 4.74 Å².